The van der Waals surface area contributed by atoms with Crippen LogP contribution in [0.5, 0.6) is 5.75 Å². The van der Waals surface area contributed by atoms with Crippen molar-refractivity contribution in [3.8, 4) is 17.3 Å². The second-order valence-corrected chi connectivity index (χ2v) is 10.8. The summed E-state index contributed by atoms with van der Waals surface area (Å²) in [5, 5.41) is 15.4. The third kappa shape index (κ3) is 5.22. The van der Waals surface area contributed by atoms with Crippen molar-refractivity contribution in [1.82, 2.24) is 9.66 Å². The number of carbonyl (C=O) groups is 1. The molecular weight excluding hydrogens is 724 g/mol. The number of nitrogens with zero attached hydrogens (tertiary/aromatic N) is 3. The van der Waals surface area contributed by atoms with Gasteiger partial charge in [0.2, 0.25) is 5.82 Å². The van der Waals surface area contributed by atoms with Crippen LogP contribution in [-0.2, 0) is 4.79 Å². The van der Waals surface area contributed by atoms with E-state index in [0.717, 1.165) is 5.39 Å². The highest BCUT2D eigenvalue weighted by atomic mass is 127. The molecule has 5 aromatic rings. The molecule has 0 aliphatic carbocycles. The molecule has 0 saturated carbocycles. The van der Waals surface area contributed by atoms with Crippen LogP contribution in [0.4, 0.5) is 0 Å². The zero-order valence-electron chi connectivity index (χ0n) is 19.0. The highest BCUT2D eigenvalue weighted by molar-refractivity contribution is 14.1. The minimum atomic E-state index is -1.05. The minimum Gasteiger partial charge on any atom is -0.479 e. The van der Waals surface area contributed by atoms with E-state index in [1.54, 1.807) is 54.6 Å². The van der Waals surface area contributed by atoms with Crippen molar-refractivity contribution in [2.24, 2.45) is 5.10 Å². The Labute approximate surface area is 242 Å². The summed E-state index contributed by atoms with van der Waals surface area (Å²) in [5.41, 5.74) is 1.46. The second-order valence-electron chi connectivity index (χ2n) is 8.02. The van der Waals surface area contributed by atoms with Crippen molar-refractivity contribution in [2.45, 2.75) is 13.0 Å². The lowest BCUT2D eigenvalue weighted by molar-refractivity contribution is -0.144. The number of hydrogen-bond donors (Lipinski definition) is 1. The number of carboxylic acid groups (broad SMARTS) is 1. The van der Waals surface area contributed by atoms with Gasteiger partial charge in [0.25, 0.3) is 5.56 Å². The summed E-state index contributed by atoms with van der Waals surface area (Å²) in [6.07, 6.45) is 0.542. The van der Waals surface area contributed by atoms with Crippen LogP contribution >= 0.6 is 56.8 Å². The average molecular weight is 740 g/mol. The topological polar surface area (TPSA) is 107 Å². The molecule has 0 radical (unpaired) electrons. The largest absolute Gasteiger partial charge is 0.479 e. The number of aromatic nitrogens is 2. The van der Waals surface area contributed by atoms with Gasteiger partial charge in [0.15, 0.2) is 11.9 Å². The van der Waals surface area contributed by atoms with Crippen LogP contribution in [0.25, 0.3) is 33.5 Å². The van der Waals surface area contributed by atoms with Crippen LogP contribution in [0.15, 0.2) is 75.0 Å². The molecule has 0 spiro atoms. The van der Waals surface area contributed by atoms with Gasteiger partial charge in [0, 0.05) is 10.4 Å². The summed E-state index contributed by atoms with van der Waals surface area (Å²) >= 11 is 10.3. The third-order valence-corrected chi connectivity index (χ3v) is 7.28. The molecule has 1 N–H and O–H groups in total. The first-order valence-electron chi connectivity index (χ1n) is 10.9. The van der Waals surface area contributed by atoms with Crippen LogP contribution in [0.1, 0.15) is 12.5 Å². The Morgan fingerprint density at radius 2 is 1.89 bits per heavy atom. The van der Waals surface area contributed by atoms with Crippen molar-refractivity contribution >= 4 is 90.8 Å². The molecular formula is C26H16ClI2N3O5. The van der Waals surface area contributed by atoms with Gasteiger partial charge >= 0.3 is 5.97 Å². The lowest BCUT2D eigenvalue weighted by Crippen LogP contribution is -2.23. The number of benzene rings is 3. The molecule has 0 bridgehead atoms. The predicted octanol–water partition coefficient (Wildman–Crippen LogP) is 6.41. The molecule has 2 heterocycles. The minimum absolute atomic E-state index is 0.243. The molecule has 3 aromatic carbocycles. The molecule has 0 amide bonds. The Morgan fingerprint density at radius 3 is 2.62 bits per heavy atom. The number of ether oxygens (including phenoxy) is 1. The highest BCUT2D eigenvalue weighted by Gasteiger charge is 2.18. The number of fused-ring (bicyclic) bond motifs is 2. The summed E-state index contributed by atoms with van der Waals surface area (Å²) < 4.78 is 14.2. The zero-order valence-corrected chi connectivity index (χ0v) is 24.1. The molecule has 37 heavy (non-hydrogen) atoms. The third-order valence-electron chi connectivity index (χ3n) is 5.44. The SMILES string of the molecule is C[C@@H](Oc1c(I)cc(C=Nn2c(-c3cc4cc(Cl)ccc4o3)nc3ccccc3c2=O)cc1I)C(=O)O. The quantitative estimate of drug-likeness (QED) is 0.160. The standard InChI is InChI=1S/C26H16ClI2N3O5/c1-13(26(34)35)36-23-18(28)8-14(9-19(23)29)12-30-32-24(31-20-5-3-2-4-17(20)25(32)33)22-11-15-10-16(27)6-7-21(15)37-22/h2-13H,1H3,(H,34,35)/t13-/m1/s1. The lowest BCUT2D eigenvalue weighted by Gasteiger charge is -2.14. The number of aliphatic carboxylic acids is 1. The molecule has 0 aliphatic rings. The first kappa shape index (κ1) is 25.7. The number of furan rings is 1. The molecule has 0 aliphatic heterocycles. The van der Waals surface area contributed by atoms with Gasteiger partial charge in [-0.3, -0.25) is 4.79 Å². The van der Waals surface area contributed by atoms with E-state index in [4.69, 9.17) is 25.9 Å². The Hall–Kier alpha value is -2.97. The number of halogens is 3. The number of hydrogen-bond acceptors (Lipinski definition) is 6. The highest BCUT2D eigenvalue weighted by Crippen LogP contribution is 2.31. The van der Waals surface area contributed by atoms with Crippen molar-refractivity contribution in [3.63, 3.8) is 0 Å². The van der Waals surface area contributed by atoms with Crippen LogP contribution in [0.2, 0.25) is 5.02 Å². The zero-order chi connectivity index (χ0) is 26.3. The summed E-state index contributed by atoms with van der Waals surface area (Å²) in [7, 11) is 0. The van der Waals surface area contributed by atoms with Crippen molar-refractivity contribution in [3.05, 3.63) is 88.7 Å². The normalized spacial score (nSPS) is 12.4. The summed E-state index contributed by atoms with van der Waals surface area (Å²) in [6.45, 7) is 1.47. The summed E-state index contributed by atoms with van der Waals surface area (Å²) in [5.74, 6) is 0.0277. The molecule has 11 heteroatoms. The van der Waals surface area contributed by atoms with Gasteiger partial charge in [-0.25, -0.2) is 9.78 Å². The maximum atomic E-state index is 13.5. The van der Waals surface area contributed by atoms with Gasteiger partial charge in [0.05, 0.1) is 24.3 Å². The average Bonchev–Trinajstić information content (AvgIpc) is 3.28. The molecule has 1 atom stereocenters. The van der Waals surface area contributed by atoms with Crippen molar-refractivity contribution < 1.29 is 19.1 Å². The van der Waals surface area contributed by atoms with Crippen LogP contribution < -0.4 is 10.3 Å². The molecule has 2 aromatic heterocycles. The van der Waals surface area contributed by atoms with E-state index >= 15 is 0 Å². The Kier molecular flexibility index (Phi) is 7.23. The lowest BCUT2D eigenvalue weighted by atomic mass is 10.2. The van der Waals surface area contributed by atoms with Gasteiger partial charge in [-0.05, 0) is 106 Å². The monoisotopic (exact) mass is 739 g/mol. The van der Waals surface area contributed by atoms with E-state index < -0.39 is 12.1 Å². The van der Waals surface area contributed by atoms with Gasteiger partial charge in [-0.2, -0.15) is 9.78 Å². The molecule has 8 nitrogen and oxygen atoms in total. The fraction of sp³-hybridized carbons (Fsp3) is 0.0769. The number of rotatable bonds is 6. The Balaban J connectivity index is 1.62. The van der Waals surface area contributed by atoms with Crippen molar-refractivity contribution in [2.75, 3.05) is 0 Å². The second kappa shape index (κ2) is 10.4. The number of para-hydroxylation sites is 1. The molecule has 0 saturated heterocycles. The van der Waals surface area contributed by atoms with E-state index in [9.17, 15) is 9.59 Å². The number of carboxylic acids is 1. The van der Waals surface area contributed by atoms with E-state index in [0.29, 0.717) is 45.7 Å². The Morgan fingerprint density at radius 1 is 1.16 bits per heavy atom. The smallest absolute Gasteiger partial charge is 0.344 e. The molecule has 0 fully saturated rings. The molecule has 186 valence electrons. The van der Waals surface area contributed by atoms with Crippen LogP contribution in [0.3, 0.4) is 0 Å². The van der Waals surface area contributed by atoms with Gasteiger partial charge in [0.1, 0.15) is 11.3 Å². The first-order chi connectivity index (χ1) is 17.7. The van der Waals surface area contributed by atoms with E-state index in [2.05, 4.69) is 55.3 Å². The van der Waals surface area contributed by atoms with Crippen molar-refractivity contribution in [1.29, 1.82) is 0 Å². The summed E-state index contributed by atoms with van der Waals surface area (Å²) in [6, 6.07) is 17.6. The van der Waals surface area contributed by atoms with Gasteiger partial charge in [-0.15, -0.1) is 0 Å². The maximum absolute atomic E-state index is 13.5. The van der Waals surface area contributed by atoms with E-state index in [1.807, 2.05) is 6.07 Å². The maximum Gasteiger partial charge on any atom is 0.344 e. The fourth-order valence-electron chi connectivity index (χ4n) is 3.63. The summed E-state index contributed by atoms with van der Waals surface area (Å²) in [4.78, 5) is 29.3. The molecule has 5 rings (SSSR count). The van der Waals surface area contributed by atoms with E-state index in [-0.39, 0.29) is 11.4 Å². The Bertz CT molecular complexity index is 1760. The molecule has 0 unspecified atom stereocenters. The van der Waals surface area contributed by atoms with Crippen LogP contribution in [-0.4, -0.2) is 33.1 Å². The predicted molar refractivity (Wildman–Crippen MR) is 159 cm³/mol. The first-order valence-corrected chi connectivity index (χ1v) is 13.4. The van der Waals surface area contributed by atoms with Gasteiger partial charge in [-0.1, -0.05) is 23.7 Å². The van der Waals surface area contributed by atoms with E-state index in [1.165, 1.54) is 17.8 Å². The fourth-order valence-corrected chi connectivity index (χ4v) is 5.88. The van der Waals surface area contributed by atoms with Crippen LogP contribution in [0, 0.1) is 7.14 Å². The van der Waals surface area contributed by atoms with Gasteiger partial charge < -0.3 is 14.3 Å².